The number of carbonyl (C=O) groups excluding carboxylic acids is 1. The van der Waals surface area contributed by atoms with Crippen molar-refractivity contribution < 1.29 is 4.79 Å². The van der Waals surface area contributed by atoms with E-state index in [0.717, 1.165) is 22.1 Å². The highest BCUT2D eigenvalue weighted by Crippen LogP contribution is 2.23. The Morgan fingerprint density at radius 3 is 2.50 bits per heavy atom. The first kappa shape index (κ1) is 10.9. The van der Waals surface area contributed by atoms with Crippen LogP contribution in [-0.4, -0.2) is 6.29 Å². The fraction of sp³-hybridized carbons (Fsp3) is 0. The van der Waals surface area contributed by atoms with Crippen LogP contribution >= 0.6 is 15.9 Å². The number of para-hydroxylation sites is 1. The van der Waals surface area contributed by atoms with Crippen molar-refractivity contribution in [2.75, 3.05) is 5.32 Å². The largest absolute Gasteiger partial charge is 0.355 e. The SMILES string of the molecule is O=Cc1cc(Br)ccc1Nc1ccccc1. The highest BCUT2D eigenvalue weighted by atomic mass is 79.9. The molecular formula is C13H10BrNO. The molecule has 2 rings (SSSR count). The third kappa shape index (κ3) is 2.49. The fourth-order valence-corrected chi connectivity index (χ4v) is 1.80. The van der Waals surface area contributed by atoms with E-state index in [0.29, 0.717) is 5.56 Å². The molecular weight excluding hydrogens is 266 g/mol. The molecule has 2 aromatic carbocycles. The molecule has 0 saturated heterocycles. The molecule has 0 amide bonds. The van der Waals surface area contributed by atoms with Crippen LogP contribution in [0.4, 0.5) is 11.4 Å². The van der Waals surface area contributed by atoms with Crippen LogP contribution in [0.5, 0.6) is 0 Å². The van der Waals surface area contributed by atoms with Crippen LogP contribution in [0.15, 0.2) is 53.0 Å². The second-order valence-electron chi connectivity index (χ2n) is 3.34. The van der Waals surface area contributed by atoms with Crippen molar-refractivity contribution in [1.29, 1.82) is 0 Å². The van der Waals surface area contributed by atoms with Gasteiger partial charge in [0.2, 0.25) is 0 Å². The molecule has 80 valence electrons. The molecule has 0 bridgehead atoms. The molecule has 1 N–H and O–H groups in total. The predicted molar refractivity (Wildman–Crippen MR) is 69.3 cm³/mol. The second kappa shape index (κ2) is 4.94. The van der Waals surface area contributed by atoms with Crippen LogP contribution < -0.4 is 5.32 Å². The molecule has 0 aromatic heterocycles. The number of aldehydes is 1. The van der Waals surface area contributed by atoms with Crippen LogP contribution in [0.25, 0.3) is 0 Å². The average Bonchev–Trinajstić information content (AvgIpc) is 2.33. The van der Waals surface area contributed by atoms with Gasteiger partial charge in [-0.1, -0.05) is 34.1 Å². The van der Waals surface area contributed by atoms with Gasteiger partial charge in [0.1, 0.15) is 0 Å². The van der Waals surface area contributed by atoms with Gasteiger partial charge in [0.25, 0.3) is 0 Å². The maximum Gasteiger partial charge on any atom is 0.152 e. The average molecular weight is 276 g/mol. The maximum absolute atomic E-state index is 10.9. The molecule has 16 heavy (non-hydrogen) atoms. The van der Waals surface area contributed by atoms with E-state index in [2.05, 4.69) is 21.2 Å². The highest BCUT2D eigenvalue weighted by molar-refractivity contribution is 9.10. The first-order valence-electron chi connectivity index (χ1n) is 4.86. The van der Waals surface area contributed by atoms with Crippen molar-refractivity contribution in [3.05, 3.63) is 58.6 Å². The van der Waals surface area contributed by atoms with Crippen molar-refractivity contribution in [2.45, 2.75) is 0 Å². The lowest BCUT2D eigenvalue weighted by Gasteiger charge is -2.08. The molecule has 0 saturated carbocycles. The third-order valence-electron chi connectivity index (χ3n) is 2.19. The number of carbonyl (C=O) groups is 1. The zero-order valence-electron chi connectivity index (χ0n) is 8.48. The molecule has 0 aliphatic carbocycles. The number of anilines is 2. The highest BCUT2D eigenvalue weighted by Gasteiger charge is 2.02. The number of rotatable bonds is 3. The minimum absolute atomic E-state index is 0.637. The molecule has 0 aliphatic heterocycles. The van der Waals surface area contributed by atoms with Crippen LogP contribution in [0.2, 0.25) is 0 Å². The summed E-state index contributed by atoms with van der Waals surface area (Å²) in [4.78, 5) is 10.9. The van der Waals surface area contributed by atoms with Gasteiger partial charge in [0.05, 0.1) is 0 Å². The Hall–Kier alpha value is -1.61. The number of nitrogens with one attached hydrogen (secondary N) is 1. The second-order valence-corrected chi connectivity index (χ2v) is 4.26. The third-order valence-corrected chi connectivity index (χ3v) is 2.69. The number of hydrogen-bond acceptors (Lipinski definition) is 2. The predicted octanol–water partition coefficient (Wildman–Crippen LogP) is 4.01. The van der Waals surface area contributed by atoms with E-state index in [1.54, 1.807) is 6.07 Å². The van der Waals surface area contributed by atoms with E-state index < -0.39 is 0 Å². The zero-order chi connectivity index (χ0) is 11.4. The van der Waals surface area contributed by atoms with E-state index in [9.17, 15) is 4.79 Å². The molecule has 0 heterocycles. The minimum Gasteiger partial charge on any atom is -0.355 e. The molecule has 0 fully saturated rings. The zero-order valence-corrected chi connectivity index (χ0v) is 10.1. The lowest BCUT2D eigenvalue weighted by molar-refractivity contribution is 0.112. The smallest absolute Gasteiger partial charge is 0.152 e. The topological polar surface area (TPSA) is 29.1 Å². The van der Waals surface area contributed by atoms with Crippen molar-refractivity contribution in [2.24, 2.45) is 0 Å². The van der Waals surface area contributed by atoms with Gasteiger partial charge in [-0.3, -0.25) is 4.79 Å². The normalized spacial score (nSPS) is 9.81. The number of halogens is 1. The fourth-order valence-electron chi connectivity index (χ4n) is 1.42. The summed E-state index contributed by atoms with van der Waals surface area (Å²) in [7, 11) is 0. The molecule has 0 aliphatic rings. The standard InChI is InChI=1S/C13H10BrNO/c14-11-6-7-13(10(8-11)9-16)15-12-4-2-1-3-5-12/h1-9,15H. The molecule has 0 atom stereocenters. The van der Waals surface area contributed by atoms with Crippen molar-refractivity contribution >= 4 is 33.6 Å². The van der Waals surface area contributed by atoms with Crippen LogP contribution in [0.3, 0.4) is 0 Å². The Kier molecular flexibility index (Phi) is 3.37. The summed E-state index contributed by atoms with van der Waals surface area (Å²) in [6.07, 6.45) is 0.843. The summed E-state index contributed by atoms with van der Waals surface area (Å²) >= 11 is 3.34. The minimum atomic E-state index is 0.637. The lowest BCUT2D eigenvalue weighted by atomic mass is 10.2. The molecule has 2 aromatic rings. The molecule has 0 radical (unpaired) electrons. The molecule has 3 heteroatoms. The molecule has 2 nitrogen and oxygen atoms in total. The van der Waals surface area contributed by atoms with E-state index in [-0.39, 0.29) is 0 Å². The summed E-state index contributed by atoms with van der Waals surface area (Å²) < 4.78 is 0.896. The van der Waals surface area contributed by atoms with Crippen LogP contribution in [-0.2, 0) is 0 Å². The van der Waals surface area contributed by atoms with Crippen molar-refractivity contribution in [3.8, 4) is 0 Å². The number of benzene rings is 2. The summed E-state index contributed by atoms with van der Waals surface area (Å²) in [5.41, 5.74) is 2.41. The summed E-state index contributed by atoms with van der Waals surface area (Å²) in [5.74, 6) is 0. The van der Waals surface area contributed by atoms with Crippen molar-refractivity contribution in [1.82, 2.24) is 0 Å². The van der Waals surface area contributed by atoms with E-state index >= 15 is 0 Å². The lowest BCUT2D eigenvalue weighted by Crippen LogP contribution is -1.94. The van der Waals surface area contributed by atoms with E-state index in [4.69, 9.17) is 0 Å². The first-order valence-corrected chi connectivity index (χ1v) is 5.66. The summed E-state index contributed by atoms with van der Waals surface area (Å²) in [6.45, 7) is 0. The van der Waals surface area contributed by atoms with Gasteiger partial charge in [0, 0.05) is 21.4 Å². The Morgan fingerprint density at radius 2 is 1.81 bits per heavy atom. The van der Waals surface area contributed by atoms with Gasteiger partial charge in [-0.2, -0.15) is 0 Å². The summed E-state index contributed by atoms with van der Waals surface area (Å²) in [6, 6.07) is 15.3. The van der Waals surface area contributed by atoms with Gasteiger partial charge in [-0.25, -0.2) is 0 Å². The van der Waals surface area contributed by atoms with Gasteiger partial charge in [-0.05, 0) is 30.3 Å². The van der Waals surface area contributed by atoms with Crippen LogP contribution in [0, 0.1) is 0 Å². The van der Waals surface area contributed by atoms with Gasteiger partial charge in [0.15, 0.2) is 6.29 Å². The summed E-state index contributed by atoms with van der Waals surface area (Å²) in [5, 5.41) is 3.20. The molecule has 0 spiro atoms. The van der Waals surface area contributed by atoms with Gasteiger partial charge < -0.3 is 5.32 Å². The van der Waals surface area contributed by atoms with Crippen LogP contribution in [0.1, 0.15) is 10.4 Å². The monoisotopic (exact) mass is 275 g/mol. The van der Waals surface area contributed by atoms with Gasteiger partial charge in [-0.15, -0.1) is 0 Å². The Bertz CT molecular complexity index is 497. The quantitative estimate of drug-likeness (QED) is 0.858. The first-order chi connectivity index (χ1) is 7.79. The van der Waals surface area contributed by atoms with Crippen molar-refractivity contribution in [3.63, 3.8) is 0 Å². The Labute approximate surface area is 102 Å². The van der Waals surface area contributed by atoms with E-state index in [1.807, 2.05) is 42.5 Å². The Balaban J connectivity index is 2.31. The van der Waals surface area contributed by atoms with E-state index in [1.165, 1.54) is 0 Å². The molecule has 0 unspecified atom stereocenters. The Morgan fingerprint density at radius 1 is 1.06 bits per heavy atom. The number of hydrogen-bond donors (Lipinski definition) is 1. The maximum atomic E-state index is 10.9. The van der Waals surface area contributed by atoms with Gasteiger partial charge >= 0.3 is 0 Å².